The van der Waals surface area contributed by atoms with E-state index in [1.54, 1.807) is 0 Å². The lowest BCUT2D eigenvalue weighted by Crippen LogP contribution is -2.42. The van der Waals surface area contributed by atoms with E-state index in [0.29, 0.717) is 17.8 Å². The van der Waals surface area contributed by atoms with Crippen molar-refractivity contribution in [2.75, 3.05) is 32.7 Å². The van der Waals surface area contributed by atoms with Crippen molar-refractivity contribution in [3.8, 4) is 5.95 Å². The van der Waals surface area contributed by atoms with Crippen LogP contribution in [0.3, 0.4) is 0 Å². The van der Waals surface area contributed by atoms with Crippen LogP contribution in [0.2, 0.25) is 0 Å². The molecule has 0 spiro atoms. The zero-order valence-electron chi connectivity index (χ0n) is 22.7. The molecule has 0 N–H and O–H groups in total. The molecule has 9 heteroatoms. The summed E-state index contributed by atoms with van der Waals surface area (Å²) >= 11 is 0. The van der Waals surface area contributed by atoms with Gasteiger partial charge in [-0.15, -0.1) is 0 Å². The number of nitrogens with zero attached hydrogens (tertiary/aromatic N) is 6. The number of likely N-dealkylation sites (tertiary alicyclic amines) is 2. The van der Waals surface area contributed by atoms with Crippen molar-refractivity contribution in [1.29, 1.82) is 0 Å². The minimum atomic E-state index is -0.436. The van der Waals surface area contributed by atoms with Crippen LogP contribution in [0.15, 0.2) is 28.8 Å². The molecule has 0 saturated carbocycles. The van der Waals surface area contributed by atoms with E-state index >= 15 is 0 Å². The number of ether oxygens (including phenoxy) is 1. The van der Waals surface area contributed by atoms with Crippen molar-refractivity contribution in [2.45, 2.75) is 77.7 Å². The molecule has 9 nitrogen and oxygen atoms in total. The van der Waals surface area contributed by atoms with Gasteiger partial charge in [-0.2, -0.15) is 14.8 Å². The van der Waals surface area contributed by atoms with Gasteiger partial charge in [-0.05, 0) is 96.1 Å². The highest BCUT2D eigenvalue weighted by molar-refractivity contribution is 5.83. The molecule has 4 heterocycles. The Kier molecular flexibility index (Phi) is 7.51. The van der Waals surface area contributed by atoms with Crippen LogP contribution >= 0.6 is 0 Å². The van der Waals surface area contributed by atoms with Crippen molar-refractivity contribution < 1.29 is 14.1 Å². The lowest BCUT2D eigenvalue weighted by Gasteiger charge is -2.35. The number of aryl methyl sites for hydroxylation is 1. The van der Waals surface area contributed by atoms with Gasteiger partial charge in [0, 0.05) is 24.4 Å². The largest absolute Gasteiger partial charge is 0.444 e. The van der Waals surface area contributed by atoms with E-state index in [1.807, 2.05) is 42.5 Å². The number of benzene rings is 1. The molecule has 2 aromatic heterocycles. The highest BCUT2D eigenvalue weighted by Crippen LogP contribution is 2.29. The Morgan fingerprint density at radius 1 is 1.08 bits per heavy atom. The molecular formula is C28H40N6O3. The van der Waals surface area contributed by atoms with Crippen LogP contribution in [0.4, 0.5) is 4.79 Å². The van der Waals surface area contributed by atoms with Crippen LogP contribution < -0.4 is 0 Å². The van der Waals surface area contributed by atoms with Crippen LogP contribution in [0, 0.1) is 5.92 Å². The standard InChI is InChI=1S/C28H40N6O3/c1-5-23-22-8-6-7-9-24(22)34(30-23)26-29-25(37-31-26)21-13-16-32(17-14-21)15-10-20-11-18-33(19-12-20)27(35)36-28(2,3)4/h6-9,20-21H,5,10-19H2,1-4H3. The Hall–Kier alpha value is -2.94. The molecule has 200 valence electrons. The molecule has 1 aromatic carbocycles. The first-order chi connectivity index (χ1) is 17.8. The quantitative estimate of drug-likeness (QED) is 0.453. The number of hydrogen-bond acceptors (Lipinski definition) is 7. The molecular weight excluding hydrogens is 468 g/mol. The predicted octanol–water partition coefficient (Wildman–Crippen LogP) is 5.19. The van der Waals surface area contributed by atoms with Crippen molar-refractivity contribution in [2.24, 2.45) is 5.92 Å². The number of para-hydroxylation sites is 1. The van der Waals surface area contributed by atoms with Crippen LogP contribution in [0.25, 0.3) is 16.9 Å². The van der Waals surface area contributed by atoms with Gasteiger partial charge in [0.25, 0.3) is 5.95 Å². The molecule has 3 aromatic rings. The predicted molar refractivity (Wildman–Crippen MR) is 142 cm³/mol. The van der Waals surface area contributed by atoms with E-state index in [1.165, 1.54) is 6.42 Å². The summed E-state index contributed by atoms with van der Waals surface area (Å²) in [5, 5.41) is 10.2. The van der Waals surface area contributed by atoms with Gasteiger partial charge in [0.1, 0.15) is 5.60 Å². The zero-order valence-corrected chi connectivity index (χ0v) is 22.7. The number of fused-ring (bicyclic) bond motifs is 1. The first kappa shape index (κ1) is 25.7. The number of amides is 1. The van der Waals surface area contributed by atoms with Crippen LogP contribution in [-0.4, -0.2) is 74.1 Å². The van der Waals surface area contributed by atoms with Gasteiger partial charge in [-0.1, -0.05) is 25.1 Å². The molecule has 0 bridgehead atoms. The third kappa shape index (κ3) is 5.98. The fourth-order valence-electron chi connectivity index (χ4n) is 5.52. The first-order valence-corrected chi connectivity index (χ1v) is 13.8. The normalized spacial score (nSPS) is 18.5. The maximum atomic E-state index is 12.3. The lowest BCUT2D eigenvalue weighted by atomic mass is 9.92. The Bertz CT molecular complexity index is 1200. The fourth-order valence-corrected chi connectivity index (χ4v) is 5.52. The maximum Gasteiger partial charge on any atom is 0.410 e. The minimum Gasteiger partial charge on any atom is -0.444 e. The number of carbonyl (C=O) groups is 1. The molecule has 2 fully saturated rings. The van der Waals surface area contributed by atoms with E-state index in [9.17, 15) is 4.79 Å². The van der Waals surface area contributed by atoms with E-state index in [4.69, 9.17) is 19.3 Å². The summed E-state index contributed by atoms with van der Waals surface area (Å²) in [5.41, 5.74) is 1.62. The topological polar surface area (TPSA) is 89.5 Å². The third-order valence-electron chi connectivity index (χ3n) is 7.68. The van der Waals surface area contributed by atoms with Gasteiger partial charge < -0.3 is 19.1 Å². The Morgan fingerprint density at radius 2 is 1.81 bits per heavy atom. The van der Waals surface area contributed by atoms with E-state index in [2.05, 4.69) is 29.1 Å². The number of rotatable bonds is 6. The van der Waals surface area contributed by atoms with Gasteiger partial charge in [0.15, 0.2) is 0 Å². The van der Waals surface area contributed by atoms with Crippen molar-refractivity contribution in [3.05, 3.63) is 35.9 Å². The smallest absolute Gasteiger partial charge is 0.410 e. The molecule has 5 rings (SSSR count). The van der Waals surface area contributed by atoms with Gasteiger partial charge >= 0.3 is 6.09 Å². The Labute approximate surface area is 219 Å². The Balaban J connectivity index is 1.09. The summed E-state index contributed by atoms with van der Waals surface area (Å²) in [7, 11) is 0. The summed E-state index contributed by atoms with van der Waals surface area (Å²) in [6.45, 7) is 12.7. The van der Waals surface area contributed by atoms with Gasteiger partial charge in [-0.3, -0.25) is 0 Å². The third-order valence-corrected chi connectivity index (χ3v) is 7.68. The van der Waals surface area contributed by atoms with E-state index in [-0.39, 0.29) is 6.09 Å². The molecule has 0 radical (unpaired) electrons. The monoisotopic (exact) mass is 508 g/mol. The summed E-state index contributed by atoms with van der Waals surface area (Å²) in [6, 6.07) is 8.20. The number of hydrogen-bond donors (Lipinski definition) is 0. The van der Waals surface area contributed by atoms with Crippen LogP contribution in [0.5, 0.6) is 0 Å². The second-order valence-electron chi connectivity index (χ2n) is 11.5. The number of carbonyl (C=O) groups excluding carboxylic acids is 1. The second-order valence-corrected chi connectivity index (χ2v) is 11.5. The number of aromatic nitrogens is 4. The molecule has 37 heavy (non-hydrogen) atoms. The van der Waals surface area contributed by atoms with Gasteiger partial charge in [0.2, 0.25) is 5.89 Å². The van der Waals surface area contributed by atoms with Crippen molar-refractivity contribution >= 4 is 17.0 Å². The molecule has 0 atom stereocenters. The zero-order chi connectivity index (χ0) is 26.0. The van der Waals surface area contributed by atoms with Gasteiger partial charge in [0.05, 0.1) is 11.2 Å². The number of piperidine rings is 2. The summed E-state index contributed by atoms with van der Waals surface area (Å²) < 4.78 is 13.0. The Morgan fingerprint density at radius 3 is 2.51 bits per heavy atom. The fraction of sp³-hybridized carbons (Fsp3) is 0.643. The van der Waals surface area contributed by atoms with Crippen LogP contribution in [0.1, 0.15) is 77.3 Å². The van der Waals surface area contributed by atoms with Gasteiger partial charge in [-0.25, -0.2) is 4.79 Å². The molecule has 2 aliphatic heterocycles. The summed E-state index contributed by atoms with van der Waals surface area (Å²) in [4.78, 5) is 21.5. The molecule has 0 unspecified atom stereocenters. The summed E-state index contributed by atoms with van der Waals surface area (Å²) in [6.07, 6.45) is 6.04. The van der Waals surface area contributed by atoms with E-state index < -0.39 is 5.60 Å². The molecule has 2 saturated heterocycles. The van der Waals surface area contributed by atoms with Crippen molar-refractivity contribution in [3.63, 3.8) is 0 Å². The van der Waals surface area contributed by atoms with Crippen molar-refractivity contribution in [1.82, 2.24) is 29.7 Å². The highest BCUT2D eigenvalue weighted by Gasteiger charge is 2.29. The average molecular weight is 509 g/mol. The molecule has 2 aliphatic rings. The lowest BCUT2D eigenvalue weighted by molar-refractivity contribution is 0.0176. The average Bonchev–Trinajstić information content (AvgIpc) is 3.52. The second kappa shape index (κ2) is 10.8. The molecule has 0 aliphatic carbocycles. The first-order valence-electron chi connectivity index (χ1n) is 13.8. The minimum absolute atomic E-state index is 0.177. The highest BCUT2D eigenvalue weighted by atomic mass is 16.6. The maximum absolute atomic E-state index is 12.3. The SMILES string of the molecule is CCc1nn(-c2noc(C3CCN(CCC4CCN(C(=O)OC(C)(C)C)CC4)CC3)n2)c2ccccc12. The van der Waals surface area contributed by atoms with E-state index in [0.717, 1.165) is 87.3 Å². The summed E-state index contributed by atoms with van der Waals surface area (Å²) in [5.74, 6) is 2.21. The van der Waals surface area contributed by atoms with Crippen LogP contribution in [-0.2, 0) is 11.2 Å². The molecule has 1 amide bonds.